The topological polar surface area (TPSA) is 60.9 Å². The minimum absolute atomic E-state index is 0.0388. The molecule has 0 aromatic heterocycles. The number of benzene rings is 1. The first-order valence-electron chi connectivity index (χ1n) is 7.92. The second-order valence-corrected chi connectivity index (χ2v) is 8.26. The maximum Gasteiger partial charge on any atom is 0.243 e. The number of likely N-dealkylation sites (tertiary alicyclic amines) is 1. The van der Waals surface area contributed by atoms with Gasteiger partial charge in [0.05, 0.1) is 11.5 Å². The van der Waals surface area contributed by atoms with Gasteiger partial charge in [-0.3, -0.25) is 4.90 Å². The molecule has 1 N–H and O–H groups in total. The second kappa shape index (κ2) is 5.92. The summed E-state index contributed by atoms with van der Waals surface area (Å²) in [6.07, 6.45) is 1.77. The summed E-state index contributed by atoms with van der Waals surface area (Å²) < 4.78 is 27.3. The third-order valence-electron chi connectivity index (χ3n) is 5.01. The summed E-state index contributed by atoms with van der Waals surface area (Å²) in [4.78, 5) is 2.66. The predicted octanol–water partition coefficient (Wildman–Crippen LogP) is 1.21. The Labute approximate surface area is 132 Å². The Kier molecular flexibility index (Phi) is 4.29. The third kappa shape index (κ3) is 2.58. The number of aliphatic hydroxyl groups excluding tert-OH is 1. The molecule has 5 nitrogen and oxygen atoms in total. The van der Waals surface area contributed by atoms with Gasteiger partial charge >= 0.3 is 0 Å². The number of nitrogens with zero attached hydrogens (tertiary/aromatic N) is 2. The van der Waals surface area contributed by atoms with E-state index in [2.05, 4.69) is 11.8 Å². The van der Waals surface area contributed by atoms with Gasteiger partial charge in [0, 0.05) is 31.2 Å². The van der Waals surface area contributed by atoms with Crippen molar-refractivity contribution in [1.82, 2.24) is 9.21 Å². The fourth-order valence-corrected chi connectivity index (χ4v) is 5.38. The Bertz CT molecular complexity index is 625. The van der Waals surface area contributed by atoms with Crippen LogP contribution < -0.4 is 0 Å². The molecule has 2 aliphatic rings. The number of hydrogen-bond donors (Lipinski definition) is 1. The van der Waals surface area contributed by atoms with Gasteiger partial charge in [-0.05, 0) is 31.9 Å². The molecule has 2 heterocycles. The van der Waals surface area contributed by atoms with Crippen molar-refractivity contribution in [3.05, 3.63) is 29.8 Å². The Morgan fingerprint density at radius 2 is 1.91 bits per heavy atom. The van der Waals surface area contributed by atoms with Crippen LogP contribution in [0.1, 0.15) is 25.3 Å². The molecule has 2 fully saturated rings. The van der Waals surface area contributed by atoms with E-state index >= 15 is 0 Å². The van der Waals surface area contributed by atoms with Crippen LogP contribution >= 0.6 is 0 Å². The van der Waals surface area contributed by atoms with Crippen molar-refractivity contribution in [3.63, 3.8) is 0 Å². The molecule has 0 saturated carbocycles. The maximum absolute atomic E-state index is 12.8. The minimum Gasteiger partial charge on any atom is -0.395 e. The van der Waals surface area contributed by atoms with Gasteiger partial charge in [-0.1, -0.05) is 24.6 Å². The summed E-state index contributed by atoms with van der Waals surface area (Å²) in [5.74, 6) is 0. The van der Waals surface area contributed by atoms with Gasteiger partial charge in [-0.15, -0.1) is 0 Å². The molecule has 2 aliphatic heterocycles. The number of sulfonamides is 1. The highest BCUT2D eigenvalue weighted by Gasteiger charge is 2.49. The van der Waals surface area contributed by atoms with Gasteiger partial charge in [0.1, 0.15) is 0 Å². The standard InChI is InChI=1S/C16H24N2O3S/c1-3-13(11-19)17-9-15-8-14(17)10-18(15)22(20,21)16-6-4-12(2)5-7-16/h4-7,13-15,19H,3,8-11H2,1-2H3/t13-,14+,15+/m1/s1. The monoisotopic (exact) mass is 324 g/mol. The van der Waals surface area contributed by atoms with E-state index in [9.17, 15) is 13.5 Å². The molecule has 0 aliphatic carbocycles. The normalized spacial score (nSPS) is 27.4. The van der Waals surface area contributed by atoms with Gasteiger partial charge < -0.3 is 5.11 Å². The summed E-state index contributed by atoms with van der Waals surface area (Å²) in [5, 5.41) is 9.47. The van der Waals surface area contributed by atoms with Gasteiger partial charge in [0.15, 0.2) is 0 Å². The van der Waals surface area contributed by atoms with Crippen molar-refractivity contribution in [2.45, 2.75) is 49.7 Å². The highest BCUT2D eigenvalue weighted by molar-refractivity contribution is 7.89. The molecular weight excluding hydrogens is 300 g/mol. The first-order valence-corrected chi connectivity index (χ1v) is 9.36. The lowest BCUT2D eigenvalue weighted by Crippen LogP contribution is -2.52. The molecular formula is C16H24N2O3S. The molecule has 0 unspecified atom stereocenters. The SMILES string of the molecule is CC[C@H](CO)N1C[C@@H]2C[C@H]1CN2S(=O)(=O)c1ccc(C)cc1. The molecule has 122 valence electrons. The molecule has 3 rings (SSSR count). The van der Waals surface area contributed by atoms with E-state index in [1.54, 1.807) is 16.4 Å². The summed E-state index contributed by atoms with van der Waals surface area (Å²) >= 11 is 0. The summed E-state index contributed by atoms with van der Waals surface area (Å²) in [6, 6.07) is 7.49. The van der Waals surface area contributed by atoms with Gasteiger partial charge in [0.25, 0.3) is 0 Å². The van der Waals surface area contributed by atoms with Crippen molar-refractivity contribution in [2.75, 3.05) is 19.7 Å². The van der Waals surface area contributed by atoms with E-state index in [-0.39, 0.29) is 24.7 Å². The van der Waals surface area contributed by atoms with Crippen molar-refractivity contribution in [2.24, 2.45) is 0 Å². The third-order valence-corrected chi connectivity index (χ3v) is 6.94. The maximum atomic E-state index is 12.8. The van der Waals surface area contributed by atoms with E-state index in [1.165, 1.54) is 0 Å². The molecule has 22 heavy (non-hydrogen) atoms. The summed E-state index contributed by atoms with van der Waals surface area (Å²) in [7, 11) is -3.40. The fraction of sp³-hybridized carbons (Fsp3) is 0.625. The Hall–Kier alpha value is -0.950. The van der Waals surface area contributed by atoms with Crippen LogP contribution in [-0.4, -0.2) is 60.6 Å². The van der Waals surface area contributed by atoms with Crippen LogP contribution in [0.5, 0.6) is 0 Å². The van der Waals surface area contributed by atoms with Crippen molar-refractivity contribution in [3.8, 4) is 0 Å². The van der Waals surface area contributed by atoms with Gasteiger partial charge in [-0.25, -0.2) is 8.42 Å². The highest BCUT2D eigenvalue weighted by Crippen LogP contribution is 2.36. The largest absolute Gasteiger partial charge is 0.395 e. The molecule has 0 spiro atoms. The smallest absolute Gasteiger partial charge is 0.243 e. The number of aliphatic hydroxyl groups is 1. The van der Waals surface area contributed by atoms with Crippen LogP contribution in [0.4, 0.5) is 0 Å². The number of hydrogen-bond acceptors (Lipinski definition) is 4. The van der Waals surface area contributed by atoms with Crippen molar-refractivity contribution < 1.29 is 13.5 Å². The van der Waals surface area contributed by atoms with Crippen LogP contribution in [-0.2, 0) is 10.0 Å². The average molecular weight is 324 g/mol. The van der Waals surface area contributed by atoms with Crippen LogP contribution in [0.15, 0.2) is 29.2 Å². The average Bonchev–Trinajstić information content (AvgIpc) is 3.10. The fourth-order valence-electron chi connectivity index (χ4n) is 3.72. The van der Waals surface area contributed by atoms with E-state index in [4.69, 9.17) is 0 Å². The summed E-state index contributed by atoms with van der Waals surface area (Å²) in [6.45, 7) is 5.43. The molecule has 0 amide bonds. The predicted molar refractivity (Wildman–Crippen MR) is 85.1 cm³/mol. The highest BCUT2D eigenvalue weighted by atomic mass is 32.2. The lowest BCUT2D eigenvalue weighted by atomic mass is 10.1. The lowest BCUT2D eigenvalue weighted by molar-refractivity contribution is 0.0814. The molecule has 2 bridgehead atoms. The number of piperazine rings is 1. The van der Waals surface area contributed by atoms with E-state index < -0.39 is 10.0 Å². The molecule has 2 saturated heterocycles. The van der Waals surface area contributed by atoms with Crippen LogP contribution in [0.2, 0.25) is 0 Å². The first kappa shape index (κ1) is 15.9. The lowest BCUT2D eigenvalue weighted by Gasteiger charge is -2.37. The summed E-state index contributed by atoms with van der Waals surface area (Å²) in [5.41, 5.74) is 1.06. The van der Waals surface area contributed by atoms with Crippen LogP contribution in [0, 0.1) is 6.92 Å². The molecule has 1 aromatic rings. The van der Waals surface area contributed by atoms with Gasteiger partial charge in [-0.2, -0.15) is 4.31 Å². The van der Waals surface area contributed by atoms with E-state index in [0.29, 0.717) is 11.4 Å². The Morgan fingerprint density at radius 1 is 1.23 bits per heavy atom. The zero-order valence-electron chi connectivity index (χ0n) is 13.1. The second-order valence-electron chi connectivity index (χ2n) is 6.37. The molecule has 0 radical (unpaired) electrons. The Morgan fingerprint density at radius 3 is 2.41 bits per heavy atom. The number of aryl methyl sites for hydroxylation is 1. The van der Waals surface area contributed by atoms with Gasteiger partial charge in [0.2, 0.25) is 10.0 Å². The minimum atomic E-state index is -3.40. The molecule has 6 heteroatoms. The number of rotatable bonds is 5. The van der Waals surface area contributed by atoms with Crippen LogP contribution in [0.25, 0.3) is 0 Å². The zero-order valence-corrected chi connectivity index (χ0v) is 14.0. The Balaban J connectivity index is 1.78. The molecule has 3 atom stereocenters. The number of fused-ring (bicyclic) bond motifs is 2. The molecule has 1 aromatic carbocycles. The van der Waals surface area contributed by atoms with E-state index in [1.807, 2.05) is 19.1 Å². The van der Waals surface area contributed by atoms with Crippen molar-refractivity contribution in [1.29, 1.82) is 0 Å². The van der Waals surface area contributed by atoms with E-state index in [0.717, 1.165) is 24.9 Å². The quantitative estimate of drug-likeness (QED) is 0.884. The zero-order chi connectivity index (χ0) is 15.9. The van der Waals surface area contributed by atoms with Crippen molar-refractivity contribution >= 4 is 10.0 Å². The first-order chi connectivity index (χ1) is 10.5. The van der Waals surface area contributed by atoms with Crippen LogP contribution in [0.3, 0.4) is 0 Å².